The summed E-state index contributed by atoms with van der Waals surface area (Å²) in [4.78, 5) is 40.3. The highest BCUT2D eigenvalue weighted by Crippen LogP contribution is 2.55. The molecule has 38 heavy (non-hydrogen) atoms. The van der Waals surface area contributed by atoms with Crippen LogP contribution in [0, 0.1) is 0 Å². The fourth-order valence-electron chi connectivity index (χ4n) is 4.19. The van der Waals surface area contributed by atoms with Crippen molar-refractivity contribution in [2.24, 2.45) is 0 Å². The summed E-state index contributed by atoms with van der Waals surface area (Å²) in [5.41, 5.74) is 1.19. The predicted octanol–water partition coefficient (Wildman–Crippen LogP) is 2.33. The number of nitrogens with zero attached hydrogens (tertiary/aromatic N) is 4. The molecule has 2 aromatic heterocycles. The van der Waals surface area contributed by atoms with Gasteiger partial charge in [-0.2, -0.15) is 9.97 Å². The SMILES string of the molecule is O=P(O)(O)CP(=O)(O)OC[C@H]1O[C@@H](n2cnc3c(Nc4cccc5ccccc45)nc(Cl)nc32)[C@@H](O)[C@H]1O. The van der Waals surface area contributed by atoms with Crippen LogP contribution in [-0.2, 0) is 18.4 Å². The number of ether oxygens (including phenoxy) is 1. The van der Waals surface area contributed by atoms with Crippen molar-refractivity contribution >= 4 is 60.2 Å². The van der Waals surface area contributed by atoms with Crippen LogP contribution in [0.5, 0.6) is 0 Å². The fourth-order valence-corrected chi connectivity index (χ4v) is 6.92. The zero-order chi connectivity index (χ0) is 27.2. The molecule has 0 saturated carbocycles. The van der Waals surface area contributed by atoms with E-state index in [1.54, 1.807) is 0 Å². The molecular formula is C21H22ClN5O9P2. The fraction of sp³-hybridized carbons (Fsp3) is 0.286. The van der Waals surface area contributed by atoms with Crippen molar-refractivity contribution in [1.29, 1.82) is 0 Å². The maximum atomic E-state index is 12.0. The number of imidazole rings is 1. The molecule has 14 nitrogen and oxygen atoms in total. The molecule has 0 bridgehead atoms. The van der Waals surface area contributed by atoms with E-state index in [1.807, 2.05) is 42.5 Å². The van der Waals surface area contributed by atoms with Crippen molar-refractivity contribution in [2.75, 3.05) is 17.8 Å². The number of anilines is 2. The van der Waals surface area contributed by atoms with Crippen LogP contribution in [0.3, 0.4) is 0 Å². The smallest absolute Gasteiger partial charge is 0.340 e. The number of hydrogen-bond acceptors (Lipinski definition) is 10. The summed E-state index contributed by atoms with van der Waals surface area (Å²) >= 11 is 6.19. The highest BCUT2D eigenvalue weighted by atomic mass is 35.5. The topological polar surface area (TPSA) is 209 Å². The van der Waals surface area contributed by atoms with E-state index in [2.05, 4.69) is 20.3 Å². The molecule has 1 unspecified atom stereocenters. The second kappa shape index (κ2) is 10.2. The van der Waals surface area contributed by atoms with Gasteiger partial charge in [0.15, 0.2) is 29.1 Å². The number of fused-ring (bicyclic) bond motifs is 2. The first-order valence-electron chi connectivity index (χ1n) is 11.1. The second-order valence-electron chi connectivity index (χ2n) is 8.60. The second-order valence-corrected chi connectivity index (χ2v) is 12.9. The van der Waals surface area contributed by atoms with Crippen molar-refractivity contribution in [3.05, 3.63) is 54.1 Å². The molecule has 2 aromatic carbocycles. The van der Waals surface area contributed by atoms with E-state index in [0.717, 1.165) is 16.5 Å². The minimum absolute atomic E-state index is 0.131. The Bertz CT molecular complexity index is 1590. The Morgan fingerprint density at radius 1 is 1.05 bits per heavy atom. The Hall–Kier alpha value is -2.48. The first kappa shape index (κ1) is 27.1. The molecule has 3 heterocycles. The van der Waals surface area contributed by atoms with Crippen LogP contribution in [0.4, 0.5) is 11.5 Å². The standard InChI is InChI=1S/C21H22ClN5O9P2/c22-21-25-18(24-13-7-3-5-11-4-1-2-6-12(11)13)15-19(26-21)27(9-23-15)20-17(29)16(28)14(36-20)8-35-38(33,34)10-37(30,31)32/h1-7,9,14,16-17,20,28-29H,8,10H2,(H,33,34)(H,24,25,26)(H2,30,31,32)/t14-,16+,17+,20-/m1/s1. The number of halogens is 1. The zero-order valence-corrected chi connectivity index (χ0v) is 21.8. The molecule has 1 fully saturated rings. The molecule has 1 aliphatic rings. The normalized spacial score (nSPS) is 23.6. The van der Waals surface area contributed by atoms with Crippen LogP contribution in [0.25, 0.3) is 21.9 Å². The van der Waals surface area contributed by atoms with E-state index in [4.69, 9.17) is 30.6 Å². The van der Waals surface area contributed by atoms with E-state index in [1.165, 1.54) is 10.9 Å². The lowest BCUT2D eigenvalue weighted by molar-refractivity contribution is -0.0483. The van der Waals surface area contributed by atoms with Gasteiger partial charge in [0.25, 0.3) is 0 Å². The molecule has 0 spiro atoms. The molecule has 0 aliphatic carbocycles. The summed E-state index contributed by atoms with van der Waals surface area (Å²) in [5.74, 6) is -1.12. The van der Waals surface area contributed by atoms with Crippen molar-refractivity contribution in [1.82, 2.24) is 19.5 Å². The lowest BCUT2D eigenvalue weighted by Crippen LogP contribution is -2.33. The van der Waals surface area contributed by atoms with Crippen LogP contribution in [0.15, 0.2) is 48.8 Å². The summed E-state index contributed by atoms with van der Waals surface area (Å²) < 4.78 is 34.7. The molecular weight excluding hydrogens is 564 g/mol. The number of benzene rings is 2. The van der Waals surface area contributed by atoms with Gasteiger partial charge in [0, 0.05) is 11.1 Å². The van der Waals surface area contributed by atoms with Gasteiger partial charge in [-0.25, -0.2) is 4.98 Å². The Labute approximate surface area is 219 Å². The summed E-state index contributed by atoms with van der Waals surface area (Å²) in [6.45, 7) is -0.723. The molecule has 0 radical (unpaired) electrons. The molecule has 5 rings (SSSR count). The third-order valence-electron chi connectivity index (χ3n) is 5.85. The van der Waals surface area contributed by atoms with Gasteiger partial charge in [0.1, 0.15) is 18.3 Å². The van der Waals surface area contributed by atoms with Crippen molar-refractivity contribution in [3.8, 4) is 0 Å². The van der Waals surface area contributed by atoms with Gasteiger partial charge >= 0.3 is 15.2 Å². The van der Waals surface area contributed by atoms with E-state index < -0.39 is 52.2 Å². The molecule has 5 atom stereocenters. The van der Waals surface area contributed by atoms with E-state index in [9.17, 15) is 24.2 Å². The summed E-state index contributed by atoms with van der Waals surface area (Å²) in [6, 6.07) is 13.4. The number of rotatable bonds is 8. The van der Waals surface area contributed by atoms with Crippen LogP contribution < -0.4 is 5.32 Å². The van der Waals surface area contributed by atoms with Gasteiger partial charge in [0.05, 0.1) is 12.9 Å². The van der Waals surface area contributed by atoms with E-state index in [-0.39, 0.29) is 22.3 Å². The van der Waals surface area contributed by atoms with Crippen molar-refractivity contribution in [2.45, 2.75) is 24.5 Å². The van der Waals surface area contributed by atoms with Gasteiger partial charge in [-0.3, -0.25) is 13.7 Å². The number of aromatic nitrogens is 4. The van der Waals surface area contributed by atoms with Gasteiger partial charge in [0.2, 0.25) is 5.28 Å². The predicted molar refractivity (Wildman–Crippen MR) is 136 cm³/mol. The Morgan fingerprint density at radius 2 is 1.79 bits per heavy atom. The lowest BCUT2D eigenvalue weighted by Gasteiger charge is -2.18. The molecule has 1 saturated heterocycles. The van der Waals surface area contributed by atoms with Gasteiger partial charge in [-0.05, 0) is 23.1 Å². The van der Waals surface area contributed by atoms with Gasteiger partial charge < -0.3 is 39.5 Å². The average molecular weight is 586 g/mol. The first-order chi connectivity index (χ1) is 17.9. The maximum Gasteiger partial charge on any atom is 0.340 e. The van der Waals surface area contributed by atoms with Crippen LogP contribution in [-0.4, -0.2) is 75.2 Å². The lowest BCUT2D eigenvalue weighted by atomic mass is 10.1. The largest absolute Gasteiger partial charge is 0.387 e. The molecule has 6 N–H and O–H groups in total. The third kappa shape index (κ3) is 5.61. The number of aliphatic hydroxyl groups is 2. The molecule has 202 valence electrons. The van der Waals surface area contributed by atoms with Crippen LogP contribution >= 0.6 is 26.8 Å². The Kier molecular flexibility index (Phi) is 7.31. The summed E-state index contributed by atoms with van der Waals surface area (Å²) in [7, 11) is -9.54. The highest BCUT2D eigenvalue weighted by molar-refractivity contribution is 7.70. The summed E-state index contributed by atoms with van der Waals surface area (Å²) in [6.07, 6.45) is -4.37. The monoisotopic (exact) mass is 585 g/mol. The minimum atomic E-state index is -4.84. The van der Waals surface area contributed by atoms with Crippen molar-refractivity contribution < 1.29 is 43.3 Å². The number of hydrogen-bond donors (Lipinski definition) is 6. The quantitative estimate of drug-likeness (QED) is 0.130. The molecule has 1 aliphatic heterocycles. The number of aliphatic hydroxyl groups excluding tert-OH is 2. The number of nitrogens with one attached hydrogen (secondary N) is 1. The minimum Gasteiger partial charge on any atom is -0.387 e. The van der Waals surface area contributed by atoms with E-state index in [0.29, 0.717) is 0 Å². The van der Waals surface area contributed by atoms with Gasteiger partial charge in [-0.1, -0.05) is 36.4 Å². The Balaban J connectivity index is 1.41. The third-order valence-corrected chi connectivity index (χ3v) is 9.48. The highest BCUT2D eigenvalue weighted by Gasteiger charge is 2.45. The first-order valence-corrected chi connectivity index (χ1v) is 15.0. The van der Waals surface area contributed by atoms with E-state index >= 15 is 0 Å². The zero-order valence-electron chi connectivity index (χ0n) is 19.3. The summed E-state index contributed by atoms with van der Waals surface area (Å²) in [5, 5.41) is 26.1. The maximum absolute atomic E-state index is 12.0. The Morgan fingerprint density at radius 3 is 2.55 bits per heavy atom. The molecule has 4 aromatic rings. The van der Waals surface area contributed by atoms with Crippen molar-refractivity contribution in [3.63, 3.8) is 0 Å². The van der Waals surface area contributed by atoms with Gasteiger partial charge in [-0.15, -0.1) is 0 Å². The van der Waals surface area contributed by atoms with Crippen LogP contribution in [0.1, 0.15) is 6.23 Å². The van der Waals surface area contributed by atoms with Crippen LogP contribution in [0.2, 0.25) is 5.28 Å². The molecule has 17 heteroatoms. The average Bonchev–Trinajstić information content (AvgIpc) is 3.37. The molecule has 0 amide bonds.